The molecule has 146 valence electrons. The van der Waals surface area contributed by atoms with Gasteiger partial charge in [-0.25, -0.2) is 0 Å². The van der Waals surface area contributed by atoms with Crippen molar-refractivity contribution in [3.05, 3.63) is 35.9 Å². The normalized spacial score (nSPS) is 30.3. The fourth-order valence-corrected chi connectivity index (χ4v) is 4.60. The zero-order valence-corrected chi connectivity index (χ0v) is 17.5. The van der Waals surface area contributed by atoms with Crippen LogP contribution in [-0.2, 0) is 19.7 Å². The molecule has 4 heteroatoms. The average Bonchev–Trinajstić information content (AvgIpc) is 3.08. The first-order valence-corrected chi connectivity index (χ1v) is 9.81. The predicted octanol–water partition coefficient (Wildman–Crippen LogP) is 4.08. The van der Waals surface area contributed by atoms with E-state index in [-0.39, 0.29) is 23.1 Å². The maximum atomic E-state index is 12.8. The Kier molecular flexibility index (Phi) is 8.01. The summed E-state index contributed by atoms with van der Waals surface area (Å²) in [4.78, 5) is 27.5. The van der Waals surface area contributed by atoms with Gasteiger partial charge in [0.25, 0.3) is 0 Å². The molecule has 1 aliphatic heterocycles. The van der Waals surface area contributed by atoms with Crippen molar-refractivity contribution in [1.82, 2.24) is 4.90 Å². The van der Waals surface area contributed by atoms with Crippen molar-refractivity contribution in [1.29, 1.82) is 0 Å². The molecule has 1 heterocycles. The molecule has 4 nitrogen and oxygen atoms in total. The molecule has 3 rings (SSSR count). The summed E-state index contributed by atoms with van der Waals surface area (Å²) in [5.74, 6) is -0.326. The van der Waals surface area contributed by atoms with Crippen LogP contribution in [-0.4, -0.2) is 43.9 Å². The first kappa shape index (κ1) is 22.4. The molecule has 1 saturated carbocycles. The summed E-state index contributed by atoms with van der Waals surface area (Å²) >= 11 is 0. The fraction of sp³-hybridized carbons (Fsp3) is 0.636. The number of benzene rings is 1. The van der Waals surface area contributed by atoms with Crippen molar-refractivity contribution in [3.63, 3.8) is 0 Å². The maximum Gasteiger partial charge on any atom is 0.314 e. The topological polar surface area (TPSA) is 46.6 Å². The third-order valence-corrected chi connectivity index (χ3v) is 5.81. The van der Waals surface area contributed by atoms with Crippen LogP contribution in [0.3, 0.4) is 0 Å². The minimum absolute atomic E-state index is 0.197. The summed E-state index contributed by atoms with van der Waals surface area (Å²) in [7, 11) is 3.40. The van der Waals surface area contributed by atoms with Crippen molar-refractivity contribution in [2.24, 2.45) is 11.3 Å². The minimum atomic E-state index is -0.785. The number of likely N-dealkylation sites (tertiary alicyclic amines) is 1. The third kappa shape index (κ3) is 3.44. The van der Waals surface area contributed by atoms with Crippen molar-refractivity contribution in [2.45, 2.75) is 52.9 Å². The summed E-state index contributed by atoms with van der Waals surface area (Å²) in [6, 6.07) is 10.1. The molecule has 1 aliphatic carbocycles. The van der Waals surface area contributed by atoms with E-state index < -0.39 is 5.41 Å². The highest BCUT2D eigenvalue weighted by Gasteiger charge is 2.66. The van der Waals surface area contributed by atoms with Crippen molar-refractivity contribution < 1.29 is 14.3 Å². The van der Waals surface area contributed by atoms with Gasteiger partial charge in [-0.1, -0.05) is 65.0 Å². The molecule has 3 atom stereocenters. The number of carbonyl (C=O) groups is 2. The van der Waals surface area contributed by atoms with Gasteiger partial charge in [-0.05, 0) is 19.0 Å². The Morgan fingerprint density at radius 3 is 2.27 bits per heavy atom. The van der Waals surface area contributed by atoms with E-state index in [0.29, 0.717) is 25.9 Å². The number of nitrogens with zero attached hydrogens (tertiary/aromatic N) is 1. The molecule has 1 aromatic rings. The van der Waals surface area contributed by atoms with Crippen LogP contribution < -0.4 is 0 Å². The SMILES string of the molecule is CC.CC.COC(=O)C12CN(C)CC1C(=O)CC[C@]2(C)c1ccccc1. The van der Waals surface area contributed by atoms with Crippen LogP contribution in [0.4, 0.5) is 0 Å². The molecular weight excluding hydrogens is 326 g/mol. The fourth-order valence-electron chi connectivity index (χ4n) is 4.60. The number of hydrogen-bond donors (Lipinski definition) is 0. The van der Waals surface area contributed by atoms with E-state index in [2.05, 4.69) is 24.0 Å². The van der Waals surface area contributed by atoms with Crippen LogP contribution in [0.1, 0.15) is 53.0 Å². The van der Waals surface area contributed by atoms with Gasteiger partial charge in [0.05, 0.1) is 7.11 Å². The van der Waals surface area contributed by atoms with Gasteiger partial charge in [-0.3, -0.25) is 9.59 Å². The van der Waals surface area contributed by atoms with Crippen molar-refractivity contribution in [3.8, 4) is 0 Å². The van der Waals surface area contributed by atoms with Crippen molar-refractivity contribution >= 4 is 11.8 Å². The lowest BCUT2D eigenvalue weighted by Gasteiger charge is -2.50. The molecular formula is C22H35NO3. The lowest BCUT2D eigenvalue weighted by molar-refractivity contribution is -0.166. The first-order valence-electron chi connectivity index (χ1n) is 9.81. The Morgan fingerprint density at radius 1 is 1.15 bits per heavy atom. The standard InChI is InChI=1S/C18H23NO3.2C2H6/c1-17(13-7-5-4-6-8-13)10-9-15(20)14-11-19(2)12-18(14,17)16(21)22-3;2*1-2/h4-8,14H,9-12H2,1-3H3;2*1-2H3/t14?,17-,18?;;/m1../s1. The number of carbonyl (C=O) groups excluding carboxylic acids is 2. The van der Waals surface area contributed by atoms with Gasteiger partial charge in [-0.15, -0.1) is 0 Å². The molecule has 1 saturated heterocycles. The number of Topliss-reactive ketones (excluding diaryl/α,β-unsaturated/α-hetero) is 1. The molecule has 26 heavy (non-hydrogen) atoms. The van der Waals surface area contributed by atoms with Crippen LogP contribution >= 0.6 is 0 Å². The number of rotatable bonds is 2. The predicted molar refractivity (Wildman–Crippen MR) is 106 cm³/mol. The summed E-state index contributed by atoms with van der Waals surface area (Å²) in [6.45, 7) is 11.3. The monoisotopic (exact) mass is 361 g/mol. The Balaban J connectivity index is 0.000000791. The van der Waals surface area contributed by atoms with Gasteiger partial charge in [0.15, 0.2) is 0 Å². The highest BCUT2D eigenvalue weighted by atomic mass is 16.5. The quantitative estimate of drug-likeness (QED) is 0.745. The van der Waals surface area contributed by atoms with Gasteiger partial charge in [-0.2, -0.15) is 0 Å². The van der Waals surface area contributed by atoms with Gasteiger partial charge in [0, 0.05) is 30.8 Å². The number of esters is 1. The van der Waals surface area contributed by atoms with E-state index in [1.165, 1.54) is 7.11 Å². The van der Waals surface area contributed by atoms with Crippen LogP contribution in [0.25, 0.3) is 0 Å². The van der Waals surface area contributed by atoms with Gasteiger partial charge < -0.3 is 9.64 Å². The zero-order valence-electron chi connectivity index (χ0n) is 17.5. The number of ether oxygens (including phenoxy) is 1. The molecule has 2 unspecified atom stereocenters. The summed E-state index contributed by atoms with van der Waals surface area (Å²) in [6.07, 6.45) is 1.22. The Hall–Kier alpha value is -1.68. The maximum absolute atomic E-state index is 12.8. The van der Waals surface area contributed by atoms with E-state index in [9.17, 15) is 9.59 Å². The summed E-state index contributed by atoms with van der Waals surface area (Å²) in [5, 5.41) is 0. The van der Waals surface area contributed by atoms with E-state index in [1.807, 2.05) is 52.9 Å². The van der Waals surface area contributed by atoms with Gasteiger partial charge in [0.1, 0.15) is 11.2 Å². The van der Waals surface area contributed by atoms with Gasteiger partial charge >= 0.3 is 5.97 Å². The smallest absolute Gasteiger partial charge is 0.314 e. The molecule has 0 bridgehead atoms. The van der Waals surface area contributed by atoms with E-state index in [0.717, 1.165) is 5.56 Å². The van der Waals surface area contributed by atoms with Crippen LogP contribution in [0.5, 0.6) is 0 Å². The molecule has 0 amide bonds. The second-order valence-electron chi connectivity index (χ2n) is 6.88. The number of fused-ring (bicyclic) bond motifs is 1. The molecule has 0 aromatic heterocycles. The van der Waals surface area contributed by atoms with Gasteiger partial charge in [0.2, 0.25) is 0 Å². The Bertz CT molecular complexity index is 601. The second-order valence-corrected chi connectivity index (χ2v) is 6.88. The average molecular weight is 362 g/mol. The highest BCUT2D eigenvalue weighted by molar-refractivity contribution is 5.93. The van der Waals surface area contributed by atoms with Crippen molar-refractivity contribution in [2.75, 3.05) is 27.2 Å². The largest absolute Gasteiger partial charge is 0.469 e. The molecule has 2 aliphatic rings. The first-order chi connectivity index (χ1) is 12.5. The lowest BCUT2D eigenvalue weighted by Crippen LogP contribution is -2.59. The molecule has 0 spiro atoms. The van der Waals surface area contributed by atoms with Crippen LogP contribution in [0, 0.1) is 11.3 Å². The zero-order chi connectivity index (χ0) is 20.0. The lowest BCUT2D eigenvalue weighted by atomic mass is 9.50. The summed E-state index contributed by atoms with van der Waals surface area (Å²) in [5.41, 5.74) is -0.0501. The second kappa shape index (κ2) is 9.31. The molecule has 0 N–H and O–H groups in total. The van der Waals surface area contributed by atoms with E-state index in [1.54, 1.807) is 0 Å². The number of methoxy groups -OCH3 is 1. The van der Waals surface area contributed by atoms with Crippen LogP contribution in [0.2, 0.25) is 0 Å². The number of hydrogen-bond acceptors (Lipinski definition) is 4. The minimum Gasteiger partial charge on any atom is -0.469 e. The highest BCUT2D eigenvalue weighted by Crippen LogP contribution is 2.57. The van der Waals surface area contributed by atoms with Crippen LogP contribution in [0.15, 0.2) is 30.3 Å². The number of ketones is 1. The Labute approximate surface area is 158 Å². The Morgan fingerprint density at radius 2 is 1.73 bits per heavy atom. The van der Waals surface area contributed by atoms with E-state index >= 15 is 0 Å². The molecule has 0 radical (unpaired) electrons. The van der Waals surface area contributed by atoms with E-state index in [4.69, 9.17) is 4.74 Å². The molecule has 1 aromatic carbocycles. The summed E-state index contributed by atoms with van der Waals surface area (Å²) < 4.78 is 5.19. The third-order valence-electron chi connectivity index (χ3n) is 5.81. The molecule has 2 fully saturated rings.